The number of carbonyl (C=O) groups excluding carboxylic acids is 5. The number of nitrogens with one attached hydrogen (secondary N) is 4. The van der Waals surface area contributed by atoms with Gasteiger partial charge in [0.25, 0.3) is 5.91 Å². The summed E-state index contributed by atoms with van der Waals surface area (Å²) in [6.07, 6.45) is 2.71. The molecule has 3 atom stereocenters. The second-order valence-electron chi connectivity index (χ2n) is 12.0. The van der Waals surface area contributed by atoms with Crippen molar-refractivity contribution in [3.63, 3.8) is 0 Å². The predicted octanol–water partition coefficient (Wildman–Crippen LogP) is 2.31. The minimum atomic E-state index is -1.19. The molecule has 12 nitrogen and oxygen atoms in total. The van der Waals surface area contributed by atoms with Gasteiger partial charge >= 0.3 is 0 Å². The Balaban J connectivity index is 1.35. The van der Waals surface area contributed by atoms with Gasteiger partial charge in [-0.25, -0.2) is 4.98 Å². The number of carbonyl (C=O) groups is 5. The summed E-state index contributed by atoms with van der Waals surface area (Å²) in [5, 5.41) is 14.3. The maximum absolute atomic E-state index is 13.8. The first-order chi connectivity index (χ1) is 23.3. The van der Waals surface area contributed by atoms with Crippen LogP contribution in [0.4, 0.5) is 0 Å². The monoisotopic (exact) mass is 674 g/mol. The van der Waals surface area contributed by atoms with Crippen molar-refractivity contribution in [2.45, 2.75) is 70.0 Å². The molecule has 2 aliphatic rings. The Hall–Kier alpha value is -4.78. The number of para-hydroxylation sites is 1. The standard InChI is InChI=1S/C35H42N6O6S/c1-23-22-48-30(38-23)15-7-16-36-34(45)27-21-31(42)41-18-8-13-28(41)35(46)40-26(20-24-10-3-2-4-11-24)33(44)37-17-9-19-47-29-14-6-5-12-25(29)32(43)39-27/h2-6,10-12,14,22,26-28H,7-9,13,15-21H2,1H3,(H,36,45)(H,37,44)(H,39,43)(H,40,46)/t26-,27-,28-/m0/s1. The second kappa shape index (κ2) is 16.9. The summed E-state index contributed by atoms with van der Waals surface area (Å²) < 4.78 is 5.91. The zero-order chi connectivity index (χ0) is 33.9. The van der Waals surface area contributed by atoms with Gasteiger partial charge in [-0.3, -0.25) is 24.0 Å². The van der Waals surface area contributed by atoms with E-state index in [1.807, 2.05) is 42.6 Å². The van der Waals surface area contributed by atoms with E-state index >= 15 is 0 Å². The molecule has 4 N–H and O–H groups in total. The summed E-state index contributed by atoms with van der Waals surface area (Å²) in [6, 6.07) is 13.2. The molecule has 0 unspecified atom stereocenters. The minimum Gasteiger partial charge on any atom is -0.493 e. The third kappa shape index (κ3) is 9.40. The number of aryl methyl sites for hydroxylation is 2. The number of benzene rings is 2. The number of fused-ring (bicyclic) bond motifs is 2. The quantitative estimate of drug-likeness (QED) is 0.280. The van der Waals surface area contributed by atoms with Crippen LogP contribution in [0.5, 0.6) is 5.75 Å². The van der Waals surface area contributed by atoms with Crippen molar-refractivity contribution in [1.29, 1.82) is 0 Å². The number of hydrogen-bond donors (Lipinski definition) is 4. The highest BCUT2D eigenvalue weighted by atomic mass is 32.1. The summed E-state index contributed by atoms with van der Waals surface area (Å²) in [7, 11) is 0. The van der Waals surface area contributed by atoms with Crippen molar-refractivity contribution < 1.29 is 28.7 Å². The first kappa shape index (κ1) is 34.6. The summed E-state index contributed by atoms with van der Waals surface area (Å²) in [5.74, 6) is -1.96. The average Bonchev–Trinajstić information content (AvgIpc) is 3.75. The van der Waals surface area contributed by atoms with E-state index in [-0.39, 0.29) is 37.5 Å². The summed E-state index contributed by atoms with van der Waals surface area (Å²) in [4.78, 5) is 73.6. The molecule has 3 heterocycles. The van der Waals surface area contributed by atoms with Crippen LogP contribution in [0, 0.1) is 6.92 Å². The van der Waals surface area contributed by atoms with Gasteiger partial charge in [-0.2, -0.15) is 0 Å². The van der Waals surface area contributed by atoms with Crippen molar-refractivity contribution in [3.8, 4) is 5.75 Å². The van der Waals surface area contributed by atoms with Crippen LogP contribution in [-0.4, -0.2) is 83.8 Å². The zero-order valence-corrected chi connectivity index (χ0v) is 27.9. The number of hydrogen-bond acceptors (Lipinski definition) is 8. The van der Waals surface area contributed by atoms with E-state index in [4.69, 9.17) is 4.74 Å². The molecule has 2 aliphatic heterocycles. The number of thiazole rings is 1. The molecule has 1 saturated heterocycles. The average molecular weight is 675 g/mol. The van der Waals surface area contributed by atoms with Gasteiger partial charge < -0.3 is 30.9 Å². The van der Waals surface area contributed by atoms with E-state index in [2.05, 4.69) is 26.3 Å². The third-order valence-corrected chi connectivity index (χ3v) is 9.36. The van der Waals surface area contributed by atoms with E-state index in [1.54, 1.807) is 35.6 Å². The van der Waals surface area contributed by atoms with Crippen molar-refractivity contribution in [3.05, 3.63) is 81.8 Å². The van der Waals surface area contributed by atoms with Crippen LogP contribution in [0.3, 0.4) is 0 Å². The van der Waals surface area contributed by atoms with Gasteiger partial charge in [0.15, 0.2) is 0 Å². The lowest BCUT2D eigenvalue weighted by Crippen LogP contribution is -2.55. The van der Waals surface area contributed by atoms with E-state index in [0.29, 0.717) is 50.9 Å². The van der Waals surface area contributed by atoms with Gasteiger partial charge in [0.1, 0.15) is 23.9 Å². The maximum atomic E-state index is 13.8. The zero-order valence-electron chi connectivity index (χ0n) is 27.0. The molecule has 13 heteroatoms. The normalized spacial score (nSPS) is 21.0. The number of rotatable bonds is 7. The lowest BCUT2D eigenvalue weighted by atomic mass is 10.0. The summed E-state index contributed by atoms with van der Waals surface area (Å²) in [6.45, 7) is 3.07. The van der Waals surface area contributed by atoms with Crippen LogP contribution in [0.15, 0.2) is 60.0 Å². The molecule has 5 rings (SSSR count). The Labute approximate surface area is 284 Å². The largest absolute Gasteiger partial charge is 0.493 e. The van der Waals surface area contributed by atoms with Crippen molar-refractivity contribution in [2.75, 3.05) is 26.2 Å². The fraction of sp³-hybridized carbons (Fsp3) is 0.429. The second-order valence-corrected chi connectivity index (χ2v) is 12.9. The molecule has 1 aromatic heterocycles. The van der Waals surface area contributed by atoms with Crippen LogP contribution >= 0.6 is 11.3 Å². The van der Waals surface area contributed by atoms with Crippen molar-refractivity contribution >= 4 is 40.9 Å². The molecule has 0 aliphatic carbocycles. The molecular weight excluding hydrogens is 632 g/mol. The molecule has 0 radical (unpaired) electrons. The van der Waals surface area contributed by atoms with Crippen LogP contribution < -0.4 is 26.0 Å². The van der Waals surface area contributed by atoms with Gasteiger partial charge in [0, 0.05) is 43.5 Å². The Kier molecular flexibility index (Phi) is 12.1. The van der Waals surface area contributed by atoms with Gasteiger partial charge in [0.05, 0.1) is 23.6 Å². The Morgan fingerprint density at radius 3 is 2.60 bits per heavy atom. The van der Waals surface area contributed by atoms with Crippen molar-refractivity contribution in [2.24, 2.45) is 0 Å². The van der Waals surface area contributed by atoms with E-state index in [9.17, 15) is 24.0 Å². The number of amides is 5. The fourth-order valence-corrected chi connectivity index (χ4v) is 6.68. The molecule has 5 amide bonds. The van der Waals surface area contributed by atoms with Crippen LogP contribution in [0.1, 0.15) is 58.7 Å². The molecule has 48 heavy (non-hydrogen) atoms. The SMILES string of the molecule is Cc1csc(CCCNC(=O)[C@@H]2CC(=O)N3CCC[C@H]3C(=O)N[C@@H](Cc3ccccc3)C(=O)NCCCOc3ccccc3C(=O)N2)n1. The summed E-state index contributed by atoms with van der Waals surface area (Å²) >= 11 is 1.56. The van der Waals surface area contributed by atoms with Crippen molar-refractivity contribution in [1.82, 2.24) is 31.2 Å². The summed E-state index contributed by atoms with van der Waals surface area (Å²) in [5.41, 5.74) is 2.05. The van der Waals surface area contributed by atoms with E-state index < -0.39 is 41.8 Å². The van der Waals surface area contributed by atoms with Gasteiger partial charge in [-0.1, -0.05) is 42.5 Å². The number of ether oxygens (including phenoxy) is 1. The van der Waals surface area contributed by atoms with Gasteiger partial charge in [0.2, 0.25) is 23.6 Å². The van der Waals surface area contributed by atoms with Gasteiger partial charge in [-0.15, -0.1) is 11.3 Å². The van der Waals surface area contributed by atoms with E-state index in [0.717, 1.165) is 16.3 Å². The molecule has 0 bridgehead atoms. The highest BCUT2D eigenvalue weighted by Gasteiger charge is 2.38. The van der Waals surface area contributed by atoms with Crippen LogP contribution in [0.2, 0.25) is 0 Å². The molecule has 0 saturated carbocycles. The van der Waals surface area contributed by atoms with E-state index in [1.165, 1.54) is 4.90 Å². The molecule has 3 aromatic rings. The third-order valence-electron chi connectivity index (χ3n) is 8.33. The minimum absolute atomic E-state index is 0.207. The Bertz CT molecular complexity index is 1600. The number of nitrogens with zero attached hydrogens (tertiary/aromatic N) is 2. The topological polar surface area (TPSA) is 159 Å². The Morgan fingerprint density at radius 1 is 1.02 bits per heavy atom. The molecule has 1 fully saturated rings. The maximum Gasteiger partial charge on any atom is 0.255 e. The molecule has 0 spiro atoms. The van der Waals surface area contributed by atoms with Gasteiger partial charge in [-0.05, 0) is 50.3 Å². The predicted molar refractivity (Wildman–Crippen MR) is 180 cm³/mol. The lowest BCUT2D eigenvalue weighted by molar-refractivity contribution is -0.140. The molecular formula is C35H42N6O6S. The number of aromatic nitrogens is 1. The molecule has 254 valence electrons. The highest BCUT2D eigenvalue weighted by molar-refractivity contribution is 7.09. The first-order valence-electron chi connectivity index (χ1n) is 16.4. The smallest absolute Gasteiger partial charge is 0.255 e. The first-order valence-corrected chi connectivity index (χ1v) is 17.3. The van der Waals surface area contributed by atoms with Crippen LogP contribution in [0.25, 0.3) is 0 Å². The lowest BCUT2D eigenvalue weighted by Gasteiger charge is -2.28. The highest BCUT2D eigenvalue weighted by Crippen LogP contribution is 2.22. The van der Waals surface area contributed by atoms with Crippen LogP contribution in [-0.2, 0) is 32.0 Å². The fourth-order valence-electron chi connectivity index (χ4n) is 5.86. The molecule has 2 aromatic carbocycles. The Morgan fingerprint density at radius 2 is 1.81 bits per heavy atom.